The van der Waals surface area contributed by atoms with Crippen LogP contribution in [-0.4, -0.2) is 32.1 Å². The molecule has 1 amide bonds. The van der Waals surface area contributed by atoms with Crippen LogP contribution in [0.5, 0.6) is 0 Å². The molecule has 0 aliphatic rings. The number of carboxylic acid groups (broad SMARTS) is 1. The molecule has 0 unspecified atom stereocenters. The first-order valence-corrected chi connectivity index (χ1v) is 5.33. The largest absolute Gasteiger partial charge is 0.477 e. The van der Waals surface area contributed by atoms with E-state index in [0.717, 1.165) is 0 Å². The quantitative estimate of drug-likeness (QED) is 0.818. The van der Waals surface area contributed by atoms with Gasteiger partial charge in [0.1, 0.15) is 5.69 Å². The summed E-state index contributed by atoms with van der Waals surface area (Å²) in [6.45, 7) is 1.78. The van der Waals surface area contributed by atoms with Gasteiger partial charge in [-0.25, -0.2) is 9.78 Å². The number of hydrogen-bond donors (Lipinski definition) is 2. The first-order valence-electron chi connectivity index (χ1n) is 5.33. The molecule has 2 N–H and O–H groups in total. The van der Waals surface area contributed by atoms with Crippen LogP contribution in [0.15, 0.2) is 22.9 Å². The third kappa shape index (κ3) is 3.12. The van der Waals surface area contributed by atoms with Crippen molar-refractivity contribution in [1.29, 1.82) is 0 Å². The van der Waals surface area contributed by atoms with Crippen LogP contribution in [-0.2, 0) is 6.54 Å². The van der Waals surface area contributed by atoms with Gasteiger partial charge in [0, 0.05) is 19.7 Å². The Kier molecular flexibility index (Phi) is 3.51. The van der Waals surface area contributed by atoms with Gasteiger partial charge in [0.05, 0.1) is 0 Å². The molecule has 0 aromatic carbocycles. The molecule has 0 radical (unpaired) electrons. The van der Waals surface area contributed by atoms with Gasteiger partial charge >= 0.3 is 5.97 Å². The number of hydrogen-bond acceptors (Lipinski definition) is 6. The van der Waals surface area contributed by atoms with E-state index >= 15 is 0 Å². The van der Waals surface area contributed by atoms with Gasteiger partial charge in [0.15, 0.2) is 0 Å². The van der Waals surface area contributed by atoms with Crippen molar-refractivity contribution in [2.45, 2.75) is 13.5 Å². The second-order valence-corrected chi connectivity index (χ2v) is 3.68. The Labute approximate surface area is 107 Å². The average Bonchev–Trinajstić information content (AvgIpc) is 2.83. The summed E-state index contributed by atoms with van der Waals surface area (Å²) in [5.74, 6) is -1.32. The summed E-state index contributed by atoms with van der Waals surface area (Å²) in [6.07, 6.45) is 1.38. The normalized spacial score (nSPS) is 10.2. The van der Waals surface area contributed by atoms with Gasteiger partial charge in [-0.05, 0) is 11.6 Å². The molecule has 0 aliphatic carbocycles. The van der Waals surface area contributed by atoms with E-state index < -0.39 is 11.9 Å². The molecule has 0 aliphatic heterocycles. The van der Waals surface area contributed by atoms with Crippen LogP contribution in [0.3, 0.4) is 0 Å². The lowest BCUT2D eigenvalue weighted by atomic mass is 10.2. The molecule has 98 valence electrons. The molecule has 8 heteroatoms. The molecule has 2 rings (SSSR count). The molecule has 19 heavy (non-hydrogen) atoms. The lowest BCUT2D eigenvalue weighted by Gasteiger charge is -2.02. The fourth-order valence-electron chi connectivity index (χ4n) is 1.31. The topological polar surface area (TPSA) is 118 Å². The van der Waals surface area contributed by atoms with Crippen LogP contribution in [0.2, 0.25) is 0 Å². The fraction of sp³-hybridized carbons (Fsp3) is 0.182. The average molecular weight is 262 g/mol. The molecule has 0 saturated carbocycles. The number of aromatic carboxylic acids is 1. The number of amides is 1. The Bertz CT molecular complexity index is 605. The van der Waals surface area contributed by atoms with Gasteiger partial charge < -0.3 is 14.9 Å². The van der Waals surface area contributed by atoms with Gasteiger partial charge in [0.25, 0.3) is 11.7 Å². The number of carboxylic acids is 1. The lowest BCUT2D eigenvalue weighted by molar-refractivity contribution is 0.0690. The molecule has 0 spiro atoms. The summed E-state index contributed by atoms with van der Waals surface area (Å²) in [4.78, 5) is 29.7. The Morgan fingerprint density at radius 2 is 2.21 bits per heavy atom. The van der Waals surface area contributed by atoms with Crippen LogP contribution in [0.4, 0.5) is 0 Å². The predicted octanol–water partition coefficient (Wildman–Crippen LogP) is 0.401. The van der Waals surface area contributed by atoms with Crippen molar-refractivity contribution in [2.75, 3.05) is 0 Å². The molecule has 0 bridgehead atoms. The van der Waals surface area contributed by atoms with E-state index in [1.54, 1.807) is 13.0 Å². The highest BCUT2D eigenvalue weighted by atomic mass is 16.5. The highest BCUT2D eigenvalue weighted by Gasteiger charge is 2.12. The maximum absolute atomic E-state index is 11.6. The minimum atomic E-state index is -1.10. The summed E-state index contributed by atoms with van der Waals surface area (Å²) in [7, 11) is 0. The standard InChI is InChI=1S/C11H10N4O4/c1-6-14-9(15-19-6)10(16)13-5-7-2-3-8(11(17)18)12-4-7/h2-4H,5H2,1H3,(H,13,16)(H,17,18). The predicted molar refractivity (Wildman–Crippen MR) is 61.4 cm³/mol. The van der Waals surface area contributed by atoms with Crippen molar-refractivity contribution >= 4 is 11.9 Å². The minimum absolute atomic E-state index is 0.0485. The first-order chi connectivity index (χ1) is 9.06. The van der Waals surface area contributed by atoms with Crippen LogP contribution in [0, 0.1) is 6.92 Å². The SMILES string of the molecule is Cc1nc(C(=O)NCc2ccc(C(=O)O)nc2)no1. The summed E-state index contributed by atoms with van der Waals surface area (Å²) in [5, 5.41) is 14.7. The fourth-order valence-corrected chi connectivity index (χ4v) is 1.31. The number of carbonyl (C=O) groups excluding carboxylic acids is 1. The van der Waals surface area contributed by atoms with E-state index in [2.05, 4.69) is 25.0 Å². The number of carbonyl (C=O) groups is 2. The van der Waals surface area contributed by atoms with Crippen molar-refractivity contribution in [2.24, 2.45) is 0 Å². The summed E-state index contributed by atoms with van der Waals surface area (Å²) >= 11 is 0. The number of nitrogens with zero attached hydrogens (tertiary/aromatic N) is 3. The number of aryl methyl sites for hydroxylation is 1. The van der Waals surface area contributed by atoms with Gasteiger partial charge in [0.2, 0.25) is 5.89 Å². The zero-order valence-corrected chi connectivity index (χ0v) is 9.95. The zero-order chi connectivity index (χ0) is 13.8. The van der Waals surface area contributed by atoms with Crippen LogP contribution in [0.25, 0.3) is 0 Å². The van der Waals surface area contributed by atoms with E-state index in [-0.39, 0.29) is 18.1 Å². The Hall–Kier alpha value is -2.77. The smallest absolute Gasteiger partial charge is 0.354 e. The molecule has 0 saturated heterocycles. The molecule has 0 atom stereocenters. The van der Waals surface area contributed by atoms with E-state index in [4.69, 9.17) is 5.11 Å². The summed E-state index contributed by atoms with van der Waals surface area (Å²) < 4.78 is 4.68. The molecule has 2 aromatic heterocycles. The van der Waals surface area contributed by atoms with Crippen LogP contribution in [0.1, 0.15) is 32.6 Å². The molecule has 8 nitrogen and oxygen atoms in total. The van der Waals surface area contributed by atoms with E-state index in [1.165, 1.54) is 12.3 Å². The van der Waals surface area contributed by atoms with Crippen molar-refractivity contribution in [3.05, 3.63) is 41.3 Å². The van der Waals surface area contributed by atoms with E-state index in [0.29, 0.717) is 11.5 Å². The molecular weight excluding hydrogens is 252 g/mol. The molecular formula is C11H10N4O4. The number of nitrogens with one attached hydrogen (secondary N) is 1. The van der Waals surface area contributed by atoms with Gasteiger partial charge in [-0.1, -0.05) is 11.2 Å². The Morgan fingerprint density at radius 3 is 2.74 bits per heavy atom. The van der Waals surface area contributed by atoms with Crippen molar-refractivity contribution in [3.8, 4) is 0 Å². The second kappa shape index (κ2) is 5.25. The molecule has 2 aromatic rings. The van der Waals surface area contributed by atoms with Gasteiger partial charge in [-0.2, -0.15) is 4.98 Å². The number of pyridine rings is 1. The van der Waals surface area contributed by atoms with Crippen LogP contribution < -0.4 is 5.32 Å². The Morgan fingerprint density at radius 1 is 1.42 bits per heavy atom. The van der Waals surface area contributed by atoms with Crippen molar-refractivity contribution in [1.82, 2.24) is 20.4 Å². The van der Waals surface area contributed by atoms with Crippen molar-refractivity contribution < 1.29 is 19.2 Å². The maximum atomic E-state index is 11.6. The van der Waals surface area contributed by atoms with Crippen LogP contribution >= 0.6 is 0 Å². The highest BCUT2D eigenvalue weighted by molar-refractivity contribution is 5.90. The third-order valence-corrected chi connectivity index (χ3v) is 2.23. The maximum Gasteiger partial charge on any atom is 0.354 e. The van der Waals surface area contributed by atoms with E-state index in [1.807, 2.05) is 0 Å². The second-order valence-electron chi connectivity index (χ2n) is 3.68. The Balaban J connectivity index is 1.95. The van der Waals surface area contributed by atoms with Gasteiger partial charge in [-0.15, -0.1) is 0 Å². The highest BCUT2D eigenvalue weighted by Crippen LogP contribution is 2.01. The molecule has 0 fully saturated rings. The first kappa shape index (κ1) is 12.7. The van der Waals surface area contributed by atoms with E-state index in [9.17, 15) is 9.59 Å². The monoisotopic (exact) mass is 262 g/mol. The minimum Gasteiger partial charge on any atom is -0.477 e. The third-order valence-electron chi connectivity index (χ3n) is 2.23. The molecule has 2 heterocycles. The summed E-state index contributed by atoms with van der Waals surface area (Å²) in [6, 6.07) is 2.93. The number of aromatic nitrogens is 3. The number of rotatable bonds is 4. The lowest BCUT2D eigenvalue weighted by Crippen LogP contribution is -2.24. The summed E-state index contributed by atoms with van der Waals surface area (Å²) in [5.41, 5.74) is 0.613. The van der Waals surface area contributed by atoms with Gasteiger partial charge in [-0.3, -0.25) is 4.79 Å². The van der Waals surface area contributed by atoms with Crippen molar-refractivity contribution in [3.63, 3.8) is 0 Å². The zero-order valence-electron chi connectivity index (χ0n) is 9.95.